The quantitative estimate of drug-likeness (QED) is 0.869. The molecule has 1 atom stereocenters. The van der Waals surface area contributed by atoms with Crippen LogP contribution in [0.2, 0.25) is 0 Å². The fourth-order valence-corrected chi connectivity index (χ4v) is 4.44. The lowest BCUT2D eigenvalue weighted by Gasteiger charge is -2.31. The van der Waals surface area contributed by atoms with Gasteiger partial charge in [-0.1, -0.05) is 6.92 Å². The van der Waals surface area contributed by atoms with E-state index in [1.165, 1.54) is 15.3 Å². The maximum absolute atomic E-state index is 10.8. The van der Waals surface area contributed by atoms with Crippen LogP contribution < -0.4 is 0 Å². The highest BCUT2D eigenvalue weighted by atomic mass is 32.1. The second kappa shape index (κ2) is 7.44. The molecular weight excluding hydrogens is 324 g/mol. The Morgan fingerprint density at radius 1 is 1.50 bits per heavy atom. The largest absolute Gasteiger partial charge is 0.480 e. The number of hydrogen-bond donors (Lipinski definition) is 1. The van der Waals surface area contributed by atoms with Crippen molar-refractivity contribution in [2.24, 2.45) is 0 Å². The van der Waals surface area contributed by atoms with Crippen LogP contribution in [0, 0.1) is 6.92 Å². The third kappa shape index (κ3) is 4.02. The van der Waals surface area contributed by atoms with Gasteiger partial charge >= 0.3 is 5.97 Å². The number of carboxylic acid groups (broad SMARTS) is 1. The molecule has 1 aliphatic rings. The van der Waals surface area contributed by atoms with E-state index in [0.717, 1.165) is 49.6 Å². The summed E-state index contributed by atoms with van der Waals surface area (Å²) in [5, 5.41) is 14.5. The normalized spacial score (nSPS) is 18.8. The lowest BCUT2D eigenvalue weighted by atomic mass is 9.95. The van der Waals surface area contributed by atoms with Crippen molar-refractivity contribution in [3.8, 4) is 0 Å². The monoisotopic (exact) mass is 348 g/mol. The number of nitrogens with zero attached hydrogens (tertiary/aromatic N) is 4. The topological polar surface area (TPSA) is 71.2 Å². The first kappa shape index (κ1) is 17.1. The van der Waals surface area contributed by atoms with E-state index in [1.54, 1.807) is 17.5 Å². The number of aromatic nitrogens is 3. The van der Waals surface area contributed by atoms with Crippen LogP contribution in [0.15, 0.2) is 12.3 Å². The van der Waals surface area contributed by atoms with Gasteiger partial charge in [-0.2, -0.15) is 5.10 Å². The molecule has 1 N–H and O–H groups in total. The molecular formula is C17H24N4O2S. The zero-order valence-corrected chi connectivity index (χ0v) is 15.1. The molecule has 2 aromatic heterocycles. The first-order valence-corrected chi connectivity index (χ1v) is 9.29. The number of carbonyl (C=O) groups is 1. The molecule has 0 aromatic carbocycles. The summed E-state index contributed by atoms with van der Waals surface area (Å²) in [6, 6.07) is 1.96. The lowest BCUT2D eigenvalue weighted by molar-refractivity contribution is -0.137. The summed E-state index contributed by atoms with van der Waals surface area (Å²) in [5.74, 6) is -0.476. The molecule has 0 bridgehead atoms. The van der Waals surface area contributed by atoms with Gasteiger partial charge in [0.1, 0.15) is 6.54 Å². The van der Waals surface area contributed by atoms with Crippen LogP contribution in [0.1, 0.15) is 47.0 Å². The molecule has 1 saturated heterocycles. The van der Waals surface area contributed by atoms with Crippen molar-refractivity contribution < 1.29 is 9.90 Å². The van der Waals surface area contributed by atoms with Crippen molar-refractivity contribution in [3.63, 3.8) is 0 Å². The number of aryl methyl sites for hydroxylation is 2. The molecule has 0 spiro atoms. The standard InChI is InChI=1S/C17H24N4O2S/c1-3-14-16(24-12(2)18-14)10-20-7-4-5-13(9-20)15-6-8-21(19-15)11-17(22)23/h6,8,13H,3-5,7,9-11H2,1-2H3,(H,22,23)/t13-/m1/s1. The minimum atomic E-state index is -0.859. The minimum Gasteiger partial charge on any atom is -0.480 e. The van der Waals surface area contributed by atoms with Crippen molar-refractivity contribution >= 4 is 17.3 Å². The van der Waals surface area contributed by atoms with Crippen LogP contribution in [0.4, 0.5) is 0 Å². The molecule has 1 fully saturated rings. The van der Waals surface area contributed by atoms with Gasteiger partial charge < -0.3 is 5.11 Å². The Balaban J connectivity index is 1.65. The van der Waals surface area contributed by atoms with Crippen LogP contribution in [0.25, 0.3) is 0 Å². The van der Waals surface area contributed by atoms with Gasteiger partial charge in [0.25, 0.3) is 0 Å². The van der Waals surface area contributed by atoms with Gasteiger partial charge in [-0.05, 0) is 38.8 Å². The summed E-state index contributed by atoms with van der Waals surface area (Å²) in [7, 11) is 0. The smallest absolute Gasteiger partial charge is 0.325 e. The molecule has 0 amide bonds. The number of hydrogen-bond acceptors (Lipinski definition) is 5. The van der Waals surface area contributed by atoms with Crippen LogP contribution in [-0.4, -0.2) is 43.8 Å². The maximum atomic E-state index is 10.8. The van der Waals surface area contributed by atoms with Crippen LogP contribution in [0.5, 0.6) is 0 Å². The zero-order chi connectivity index (χ0) is 17.1. The van der Waals surface area contributed by atoms with Crippen molar-refractivity contribution in [2.75, 3.05) is 13.1 Å². The van der Waals surface area contributed by atoms with Gasteiger partial charge in [0, 0.05) is 30.1 Å². The van der Waals surface area contributed by atoms with E-state index in [0.29, 0.717) is 5.92 Å². The van der Waals surface area contributed by atoms with Gasteiger partial charge in [-0.3, -0.25) is 14.4 Å². The second-order valence-corrected chi connectivity index (χ2v) is 7.65. The molecule has 0 saturated carbocycles. The highest BCUT2D eigenvalue weighted by Crippen LogP contribution is 2.28. The Morgan fingerprint density at radius 2 is 2.33 bits per heavy atom. The van der Waals surface area contributed by atoms with E-state index in [9.17, 15) is 4.79 Å². The van der Waals surface area contributed by atoms with Crippen molar-refractivity contribution in [1.82, 2.24) is 19.7 Å². The number of aliphatic carboxylic acids is 1. The summed E-state index contributed by atoms with van der Waals surface area (Å²) >= 11 is 1.80. The SMILES string of the molecule is CCc1nc(C)sc1CN1CCC[C@@H](c2ccn(CC(=O)O)n2)C1. The van der Waals surface area contributed by atoms with Crippen LogP contribution in [0.3, 0.4) is 0 Å². The summed E-state index contributed by atoms with van der Waals surface area (Å²) in [4.78, 5) is 19.3. The predicted octanol–water partition coefficient (Wildman–Crippen LogP) is 2.67. The minimum absolute atomic E-state index is 0.0730. The second-order valence-electron chi connectivity index (χ2n) is 6.36. The summed E-state index contributed by atoms with van der Waals surface area (Å²) in [6.45, 7) is 7.20. The van der Waals surface area contributed by atoms with E-state index in [4.69, 9.17) is 5.11 Å². The maximum Gasteiger partial charge on any atom is 0.325 e. The average molecular weight is 348 g/mol. The van der Waals surface area contributed by atoms with E-state index in [2.05, 4.69) is 28.8 Å². The molecule has 2 aromatic rings. The lowest BCUT2D eigenvalue weighted by Crippen LogP contribution is -2.34. The summed E-state index contributed by atoms with van der Waals surface area (Å²) in [6.07, 6.45) is 5.01. The molecule has 0 unspecified atom stereocenters. The van der Waals surface area contributed by atoms with E-state index in [1.807, 2.05) is 6.07 Å². The Hall–Kier alpha value is -1.73. The Morgan fingerprint density at radius 3 is 3.08 bits per heavy atom. The fraction of sp³-hybridized carbons (Fsp3) is 0.588. The number of piperidine rings is 1. The Labute approximate surface area is 146 Å². The highest BCUT2D eigenvalue weighted by molar-refractivity contribution is 7.11. The van der Waals surface area contributed by atoms with E-state index >= 15 is 0 Å². The number of likely N-dealkylation sites (tertiary alicyclic amines) is 1. The van der Waals surface area contributed by atoms with Crippen LogP contribution >= 0.6 is 11.3 Å². The molecule has 0 aliphatic carbocycles. The van der Waals surface area contributed by atoms with Gasteiger partial charge in [-0.15, -0.1) is 11.3 Å². The molecule has 7 heteroatoms. The molecule has 6 nitrogen and oxygen atoms in total. The molecule has 130 valence electrons. The van der Waals surface area contributed by atoms with Crippen molar-refractivity contribution in [1.29, 1.82) is 0 Å². The van der Waals surface area contributed by atoms with Gasteiger partial charge in [0.05, 0.1) is 16.4 Å². The van der Waals surface area contributed by atoms with E-state index < -0.39 is 5.97 Å². The first-order chi connectivity index (χ1) is 11.5. The van der Waals surface area contributed by atoms with Crippen molar-refractivity contribution in [3.05, 3.63) is 33.5 Å². The molecule has 24 heavy (non-hydrogen) atoms. The molecule has 3 rings (SSSR count). The third-order valence-corrected chi connectivity index (χ3v) is 5.47. The Kier molecular flexibility index (Phi) is 5.30. The van der Waals surface area contributed by atoms with Gasteiger partial charge in [0.2, 0.25) is 0 Å². The van der Waals surface area contributed by atoms with E-state index in [-0.39, 0.29) is 6.54 Å². The third-order valence-electron chi connectivity index (χ3n) is 4.47. The average Bonchev–Trinajstić information content (AvgIpc) is 3.13. The first-order valence-electron chi connectivity index (χ1n) is 8.47. The predicted molar refractivity (Wildman–Crippen MR) is 93.3 cm³/mol. The zero-order valence-electron chi connectivity index (χ0n) is 14.2. The fourth-order valence-electron chi connectivity index (χ4n) is 3.38. The number of rotatable bonds is 6. The Bertz CT molecular complexity index is 709. The number of carboxylic acids is 1. The van der Waals surface area contributed by atoms with Crippen molar-refractivity contribution in [2.45, 2.75) is 52.1 Å². The van der Waals surface area contributed by atoms with Crippen LogP contribution in [-0.2, 0) is 24.3 Å². The summed E-state index contributed by atoms with van der Waals surface area (Å²) < 4.78 is 1.51. The van der Waals surface area contributed by atoms with Gasteiger partial charge in [0.15, 0.2) is 0 Å². The molecule has 3 heterocycles. The van der Waals surface area contributed by atoms with Gasteiger partial charge in [-0.25, -0.2) is 4.98 Å². The number of thiazole rings is 1. The summed E-state index contributed by atoms with van der Waals surface area (Å²) in [5.41, 5.74) is 2.24. The highest BCUT2D eigenvalue weighted by Gasteiger charge is 2.24. The molecule has 0 radical (unpaired) electrons. The molecule has 1 aliphatic heterocycles.